The molecule has 0 amide bonds. The molecule has 18 heavy (non-hydrogen) atoms. The second-order valence-corrected chi connectivity index (χ2v) is 6.22. The average molecular weight is 301 g/mol. The molecule has 0 aromatic heterocycles. The van der Waals surface area contributed by atoms with Gasteiger partial charge >= 0.3 is 22.2 Å². The van der Waals surface area contributed by atoms with Crippen LogP contribution in [0.15, 0.2) is 12.2 Å². The van der Waals surface area contributed by atoms with E-state index in [0.717, 1.165) is 13.0 Å². The molecular weight excluding hydrogens is 291 g/mol. The molecule has 0 bridgehead atoms. The van der Waals surface area contributed by atoms with Crippen LogP contribution in [0.1, 0.15) is 13.3 Å². The summed E-state index contributed by atoms with van der Waals surface area (Å²) in [6.45, 7) is 1.07. The van der Waals surface area contributed by atoms with Gasteiger partial charge in [0.2, 0.25) is 4.75 Å². The zero-order valence-electron chi connectivity index (χ0n) is 9.13. The Kier molecular flexibility index (Phi) is 3.48. The molecule has 0 aromatic carbocycles. The summed E-state index contributed by atoms with van der Waals surface area (Å²) < 4.78 is 32.4. The van der Waals surface area contributed by atoms with E-state index in [1.807, 2.05) is 0 Å². The predicted molar refractivity (Wildman–Crippen MR) is 59.5 cm³/mol. The second-order valence-electron chi connectivity index (χ2n) is 4.23. The highest BCUT2D eigenvalue weighted by Gasteiger charge is 2.64. The summed E-state index contributed by atoms with van der Waals surface area (Å²) in [5.74, 6) is -3.55. The molecule has 102 valence electrons. The quantitative estimate of drug-likeness (QED) is 0.452. The number of halogens is 2. The molecule has 0 heterocycles. The van der Waals surface area contributed by atoms with E-state index in [9.17, 15) is 21.9 Å². The van der Waals surface area contributed by atoms with E-state index < -0.39 is 37.7 Å². The lowest BCUT2D eigenvalue weighted by atomic mass is 9.73. The van der Waals surface area contributed by atoms with E-state index >= 15 is 0 Å². The van der Waals surface area contributed by atoms with E-state index in [1.54, 1.807) is 0 Å². The first-order valence-electron chi connectivity index (χ1n) is 4.73. The number of hydrogen-bond donors (Lipinski definition) is 2. The molecular formula is C9H10ClFO6S. The van der Waals surface area contributed by atoms with Crippen LogP contribution in [0.4, 0.5) is 3.89 Å². The molecule has 0 saturated heterocycles. The third-order valence-electron chi connectivity index (χ3n) is 3.07. The first-order valence-corrected chi connectivity index (χ1v) is 6.55. The molecule has 0 fully saturated rings. The summed E-state index contributed by atoms with van der Waals surface area (Å²) in [6.07, 6.45) is 1.40. The van der Waals surface area contributed by atoms with Crippen LogP contribution in [0.25, 0.3) is 0 Å². The molecule has 0 aliphatic heterocycles. The number of carboxylic acid groups (broad SMARTS) is 2. The third kappa shape index (κ3) is 1.79. The van der Waals surface area contributed by atoms with Crippen molar-refractivity contribution < 1.29 is 32.1 Å². The van der Waals surface area contributed by atoms with Gasteiger partial charge in [0, 0.05) is 0 Å². The van der Waals surface area contributed by atoms with Gasteiger partial charge in [0.25, 0.3) is 0 Å². The maximum absolute atomic E-state index is 13.3. The Morgan fingerprint density at radius 3 is 2.22 bits per heavy atom. The Balaban J connectivity index is 3.58. The monoisotopic (exact) mass is 300 g/mol. The summed E-state index contributed by atoms with van der Waals surface area (Å²) >= 11 is 5.69. The van der Waals surface area contributed by atoms with Gasteiger partial charge in [-0.15, -0.1) is 15.5 Å². The van der Waals surface area contributed by atoms with Crippen molar-refractivity contribution in [3.63, 3.8) is 0 Å². The highest BCUT2D eigenvalue weighted by atomic mass is 35.5. The molecule has 2 N–H and O–H groups in total. The van der Waals surface area contributed by atoms with E-state index in [1.165, 1.54) is 0 Å². The van der Waals surface area contributed by atoms with Crippen LogP contribution in [-0.2, 0) is 19.8 Å². The number of hydrogen-bond acceptors (Lipinski definition) is 4. The molecule has 0 spiro atoms. The molecule has 6 nitrogen and oxygen atoms in total. The molecule has 0 saturated carbocycles. The first-order chi connectivity index (χ1) is 8.00. The molecule has 1 rings (SSSR count). The van der Waals surface area contributed by atoms with Crippen LogP contribution >= 0.6 is 11.6 Å². The zero-order valence-corrected chi connectivity index (χ0v) is 10.7. The highest BCUT2D eigenvalue weighted by molar-refractivity contribution is 7.89. The van der Waals surface area contributed by atoms with Gasteiger partial charge in [-0.3, -0.25) is 4.79 Å². The van der Waals surface area contributed by atoms with Gasteiger partial charge in [-0.25, -0.2) is 4.79 Å². The van der Waals surface area contributed by atoms with Crippen LogP contribution in [0.3, 0.4) is 0 Å². The van der Waals surface area contributed by atoms with Crippen molar-refractivity contribution in [2.75, 3.05) is 0 Å². The maximum Gasteiger partial charge on any atom is 0.333 e. The van der Waals surface area contributed by atoms with Gasteiger partial charge in [-0.05, 0) is 13.3 Å². The lowest BCUT2D eigenvalue weighted by molar-refractivity contribution is -0.149. The van der Waals surface area contributed by atoms with E-state index in [2.05, 4.69) is 0 Å². The molecule has 0 radical (unpaired) electrons. The highest BCUT2D eigenvalue weighted by Crippen LogP contribution is 2.46. The number of allylic oxidation sites excluding steroid dienone is 1. The maximum atomic E-state index is 13.3. The lowest BCUT2D eigenvalue weighted by Crippen LogP contribution is -2.59. The van der Waals surface area contributed by atoms with Crippen molar-refractivity contribution in [1.29, 1.82) is 0 Å². The number of aliphatic carboxylic acids is 2. The predicted octanol–water partition coefficient (Wildman–Crippen LogP) is 0.767. The van der Waals surface area contributed by atoms with E-state index in [0.29, 0.717) is 6.08 Å². The normalized spacial score (nSPS) is 36.3. The fourth-order valence-corrected chi connectivity index (χ4v) is 3.47. The summed E-state index contributed by atoms with van der Waals surface area (Å²) in [4.78, 5) is 22.2. The van der Waals surface area contributed by atoms with Gasteiger partial charge in [0.1, 0.15) is 0 Å². The van der Waals surface area contributed by atoms with E-state index in [-0.39, 0.29) is 6.42 Å². The number of alkyl halides is 1. The summed E-state index contributed by atoms with van der Waals surface area (Å²) in [5.41, 5.74) is -1.89. The largest absolute Gasteiger partial charge is 0.481 e. The van der Waals surface area contributed by atoms with Gasteiger partial charge in [-0.1, -0.05) is 12.2 Å². The van der Waals surface area contributed by atoms with Crippen LogP contribution in [0.5, 0.6) is 0 Å². The minimum absolute atomic E-state index is 0.193. The zero-order chi connectivity index (χ0) is 14.4. The summed E-state index contributed by atoms with van der Waals surface area (Å²) in [6, 6.07) is 0. The molecule has 3 atom stereocenters. The Hall–Kier alpha value is -1.15. The third-order valence-corrected chi connectivity index (χ3v) is 5.38. The fraction of sp³-hybridized carbons (Fsp3) is 0.556. The Labute approximate surface area is 107 Å². The molecule has 1 aliphatic rings. The first kappa shape index (κ1) is 14.9. The Morgan fingerprint density at radius 2 is 1.89 bits per heavy atom. The Morgan fingerprint density at radius 1 is 1.39 bits per heavy atom. The minimum Gasteiger partial charge on any atom is -0.481 e. The topological polar surface area (TPSA) is 109 Å². The summed E-state index contributed by atoms with van der Waals surface area (Å²) in [7, 11) is -5.62. The molecule has 1 aliphatic carbocycles. The standard InChI is InChI=1S/C9H10ClFO6S/c1-8(6(12)13)3-2-4-9(5(8)10,7(14)15)18(11,16)17/h2,4-5H,3H2,1H3,(H,12,13)(H,14,15). The van der Waals surface area contributed by atoms with Crippen molar-refractivity contribution in [2.24, 2.45) is 5.41 Å². The summed E-state index contributed by atoms with van der Waals surface area (Å²) in [5, 5.41) is 16.0. The number of carbonyl (C=O) groups is 2. The van der Waals surface area contributed by atoms with Crippen molar-refractivity contribution in [2.45, 2.75) is 23.5 Å². The minimum atomic E-state index is -5.62. The van der Waals surface area contributed by atoms with Gasteiger partial charge in [0.15, 0.2) is 0 Å². The SMILES string of the molecule is CC1(C(=O)O)CC=CC(C(=O)O)(S(=O)(=O)F)C1Cl. The van der Waals surface area contributed by atoms with E-state index in [4.69, 9.17) is 21.8 Å². The fourth-order valence-electron chi connectivity index (χ4n) is 1.82. The van der Waals surface area contributed by atoms with Crippen molar-refractivity contribution >= 4 is 33.8 Å². The van der Waals surface area contributed by atoms with Crippen molar-refractivity contribution in [3.05, 3.63) is 12.2 Å². The van der Waals surface area contributed by atoms with Gasteiger partial charge in [-0.2, -0.15) is 8.42 Å². The van der Waals surface area contributed by atoms with Crippen LogP contribution in [0, 0.1) is 5.41 Å². The average Bonchev–Trinajstić information content (AvgIpc) is 2.19. The van der Waals surface area contributed by atoms with Gasteiger partial charge < -0.3 is 10.2 Å². The van der Waals surface area contributed by atoms with Crippen molar-refractivity contribution in [1.82, 2.24) is 0 Å². The lowest BCUT2D eigenvalue weighted by Gasteiger charge is -2.39. The number of carboxylic acids is 2. The van der Waals surface area contributed by atoms with Crippen LogP contribution < -0.4 is 0 Å². The molecule has 0 aromatic rings. The number of rotatable bonds is 3. The van der Waals surface area contributed by atoms with Crippen LogP contribution in [-0.4, -0.2) is 40.7 Å². The van der Waals surface area contributed by atoms with Gasteiger partial charge in [0.05, 0.1) is 10.8 Å². The van der Waals surface area contributed by atoms with Crippen molar-refractivity contribution in [3.8, 4) is 0 Å². The smallest absolute Gasteiger partial charge is 0.333 e. The van der Waals surface area contributed by atoms with Crippen LogP contribution in [0.2, 0.25) is 0 Å². The second kappa shape index (κ2) is 4.20. The Bertz CT molecular complexity index is 529. The molecule has 9 heteroatoms. The molecule has 3 unspecified atom stereocenters.